The molecule has 2 rings (SSSR count). The molecule has 1 aromatic carbocycles. The highest BCUT2D eigenvalue weighted by atomic mass is 19.4. The number of alkyl halides is 3. The van der Waals surface area contributed by atoms with Gasteiger partial charge in [0.1, 0.15) is 5.82 Å². The van der Waals surface area contributed by atoms with Crippen LogP contribution in [0, 0.1) is 17.7 Å². The van der Waals surface area contributed by atoms with E-state index in [4.69, 9.17) is 0 Å². The number of halogens is 4. The Morgan fingerprint density at radius 1 is 1.43 bits per heavy atom. The minimum atomic E-state index is -4.79. The van der Waals surface area contributed by atoms with Gasteiger partial charge >= 0.3 is 6.18 Å². The summed E-state index contributed by atoms with van der Waals surface area (Å²) in [6, 6.07) is 2.47. The summed E-state index contributed by atoms with van der Waals surface area (Å²) < 4.78 is 51.2. The fraction of sp³-hybridized carbons (Fsp3) is 0.562. The predicted molar refractivity (Wildman–Crippen MR) is 79.4 cm³/mol. The van der Waals surface area contributed by atoms with E-state index in [1.807, 2.05) is 6.92 Å². The molecule has 1 fully saturated rings. The van der Waals surface area contributed by atoms with Crippen LogP contribution in [0.2, 0.25) is 0 Å². The van der Waals surface area contributed by atoms with Gasteiger partial charge in [-0.05, 0) is 56.0 Å². The van der Waals surface area contributed by atoms with Gasteiger partial charge in [0.15, 0.2) is 0 Å². The normalized spacial score (nSPS) is 20.1. The minimum Gasteiger partial charge on any atom is -0.326 e. The minimum absolute atomic E-state index is 0.0438. The summed E-state index contributed by atoms with van der Waals surface area (Å²) in [6.07, 6.45) is -2.46. The highest BCUT2D eigenvalue weighted by molar-refractivity contribution is 5.90. The molecule has 1 aromatic rings. The maximum absolute atomic E-state index is 13.2. The maximum Gasteiger partial charge on any atom is 0.419 e. The zero-order valence-corrected chi connectivity index (χ0v) is 12.8. The molecule has 0 aromatic heterocycles. The van der Waals surface area contributed by atoms with Crippen molar-refractivity contribution in [3.63, 3.8) is 0 Å². The third-order valence-corrected chi connectivity index (χ3v) is 4.20. The summed E-state index contributed by atoms with van der Waals surface area (Å²) in [5.74, 6) is -1.20. The number of carbonyl (C=O) groups excluding carboxylic acids is 1. The molecule has 0 spiro atoms. The van der Waals surface area contributed by atoms with Gasteiger partial charge in [-0.2, -0.15) is 13.2 Å². The summed E-state index contributed by atoms with van der Waals surface area (Å²) in [5.41, 5.74) is -1.42. The monoisotopic (exact) mass is 332 g/mol. The number of hydrogen-bond donors (Lipinski definition) is 2. The van der Waals surface area contributed by atoms with Crippen LogP contribution in [-0.4, -0.2) is 19.0 Å². The van der Waals surface area contributed by atoms with E-state index < -0.39 is 17.6 Å². The molecule has 0 radical (unpaired) electrons. The quantitative estimate of drug-likeness (QED) is 0.823. The van der Waals surface area contributed by atoms with E-state index in [-0.39, 0.29) is 23.9 Å². The predicted octanol–water partition coefficient (Wildman–Crippen LogP) is 3.81. The highest BCUT2D eigenvalue weighted by Gasteiger charge is 2.34. The van der Waals surface area contributed by atoms with Crippen LogP contribution in [-0.2, 0) is 11.0 Å². The number of piperidine rings is 1. The SMILES string of the molecule is CC(CC(=O)Nc1ccc(F)c(C(F)(F)F)c1)C1CCCNC1. The lowest BCUT2D eigenvalue weighted by atomic mass is 9.85. The van der Waals surface area contributed by atoms with Gasteiger partial charge in [-0.1, -0.05) is 6.92 Å². The van der Waals surface area contributed by atoms with E-state index in [2.05, 4.69) is 10.6 Å². The summed E-state index contributed by atoms with van der Waals surface area (Å²) in [5, 5.41) is 5.70. The zero-order valence-electron chi connectivity index (χ0n) is 12.8. The summed E-state index contributed by atoms with van der Waals surface area (Å²) in [7, 11) is 0. The summed E-state index contributed by atoms with van der Waals surface area (Å²) in [6.45, 7) is 3.79. The van der Waals surface area contributed by atoms with Crippen molar-refractivity contribution in [1.82, 2.24) is 5.32 Å². The first-order valence-corrected chi connectivity index (χ1v) is 7.64. The van der Waals surface area contributed by atoms with Crippen LogP contribution < -0.4 is 10.6 Å². The van der Waals surface area contributed by atoms with Crippen molar-refractivity contribution in [2.45, 2.75) is 32.4 Å². The number of hydrogen-bond acceptors (Lipinski definition) is 2. The molecule has 1 aliphatic rings. The first-order chi connectivity index (χ1) is 10.8. The molecule has 2 unspecified atom stereocenters. The molecule has 2 N–H and O–H groups in total. The van der Waals surface area contributed by atoms with Crippen LogP contribution in [0.3, 0.4) is 0 Å². The van der Waals surface area contributed by atoms with E-state index >= 15 is 0 Å². The molecule has 2 atom stereocenters. The van der Waals surface area contributed by atoms with Crippen molar-refractivity contribution < 1.29 is 22.4 Å². The van der Waals surface area contributed by atoms with Crippen molar-refractivity contribution >= 4 is 11.6 Å². The molecule has 0 bridgehead atoms. The van der Waals surface area contributed by atoms with Crippen molar-refractivity contribution in [1.29, 1.82) is 0 Å². The van der Waals surface area contributed by atoms with Crippen LogP contribution in [0.1, 0.15) is 31.7 Å². The lowest BCUT2D eigenvalue weighted by Crippen LogP contribution is -2.34. The first-order valence-electron chi connectivity index (χ1n) is 7.64. The zero-order chi connectivity index (χ0) is 17.0. The average molecular weight is 332 g/mol. The van der Waals surface area contributed by atoms with Crippen molar-refractivity contribution in [2.24, 2.45) is 11.8 Å². The lowest BCUT2D eigenvalue weighted by molar-refractivity contribution is -0.140. The third kappa shape index (κ3) is 4.92. The largest absolute Gasteiger partial charge is 0.419 e. The van der Waals surface area contributed by atoms with E-state index in [1.54, 1.807) is 0 Å². The van der Waals surface area contributed by atoms with Gasteiger partial charge in [0.05, 0.1) is 5.56 Å². The van der Waals surface area contributed by atoms with E-state index in [1.165, 1.54) is 0 Å². The van der Waals surface area contributed by atoms with E-state index in [9.17, 15) is 22.4 Å². The Morgan fingerprint density at radius 3 is 2.78 bits per heavy atom. The van der Waals surface area contributed by atoms with E-state index in [0.717, 1.165) is 32.0 Å². The molecule has 1 saturated heterocycles. The fourth-order valence-electron chi connectivity index (χ4n) is 2.86. The molecule has 0 aliphatic carbocycles. The Hall–Kier alpha value is -1.63. The van der Waals surface area contributed by atoms with Gasteiger partial charge in [-0.15, -0.1) is 0 Å². The number of benzene rings is 1. The fourth-order valence-corrected chi connectivity index (χ4v) is 2.86. The van der Waals surface area contributed by atoms with E-state index in [0.29, 0.717) is 18.1 Å². The first kappa shape index (κ1) is 17.7. The van der Waals surface area contributed by atoms with Gasteiger partial charge in [-0.25, -0.2) is 4.39 Å². The van der Waals surface area contributed by atoms with Gasteiger partial charge in [0, 0.05) is 12.1 Å². The Morgan fingerprint density at radius 2 is 2.17 bits per heavy atom. The maximum atomic E-state index is 13.2. The molecule has 3 nitrogen and oxygen atoms in total. The molecule has 23 heavy (non-hydrogen) atoms. The number of anilines is 1. The third-order valence-electron chi connectivity index (χ3n) is 4.20. The molecule has 1 amide bonds. The highest BCUT2D eigenvalue weighted by Crippen LogP contribution is 2.33. The van der Waals surface area contributed by atoms with Gasteiger partial charge in [-0.3, -0.25) is 4.79 Å². The molecule has 128 valence electrons. The Kier molecular flexibility index (Phi) is 5.62. The second-order valence-corrected chi connectivity index (χ2v) is 6.03. The Labute approximate surface area is 132 Å². The molecular formula is C16H20F4N2O. The topological polar surface area (TPSA) is 41.1 Å². The second-order valence-electron chi connectivity index (χ2n) is 6.03. The number of nitrogens with one attached hydrogen (secondary N) is 2. The number of carbonyl (C=O) groups is 1. The summed E-state index contributed by atoms with van der Waals surface area (Å²) >= 11 is 0. The Balaban J connectivity index is 1.97. The van der Waals surface area contributed by atoms with Crippen molar-refractivity contribution in [2.75, 3.05) is 18.4 Å². The lowest BCUT2D eigenvalue weighted by Gasteiger charge is -2.28. The van der Waals surface area contributed by atoms with Crippen molar-refractivity contribution in [3.8, 4) is 0 Å². The van der Waals surface area contributed by atoms with Gasteiger partial charge in [0.2, 0.25) is 5.91 Å². The van der Waals surface area contributed by atoms with Crippen molar-refractivity contribution in [3.05, 3.63) is 29.6 Å². The van der Waals surface area contributed by atoms with Gasteiger partial charge < -0.3 is 10.6 Å². The molecule has 1 aliphatic heterocycles. The second kappa shape index (κ2) is 7.29. The number of amides is 1. The smallest absolute Gasteiger partial charge is 0.326 e. The van der Waals surface area contributed by atoms with Gasteiger partial charge in [0.25, 0.3) is 0 Å². The summed E-state index contributed by atoms with van der Waals surface area (Å²) in [4.78, 5) is 12.0. The standard InChI is InChI=1S/C16H20F4N2O/c1-10(11-3-2-6-21-9-11)7-15(23)22-12-4-5-14(17)13(8-12)16(18,19)20/h4-5,8,10-11,21H,2-3,6-7,9H2,1H3,(H,22,23). The molecule has 7 heteroatoms. The van der Waals surface area contributed by atoms with Crippen LogP contribution in [0.4, 0.5) is 23.2 Å². The van der Waals surface area contributed by atoms with Crippen LogP contribution >= 0.6 is 0 Å². The van der Waals surface area contributed by atoms with Crippen LogP contribution in [0.25, 0.3) is 0 Å². The van der Waals surface area contributed by atoms with Crippen LogP contribution in [0.15, 0.2) is 18.2 Å². The molecule has 1 heterocycles. The molecular weight excluding hydrogens is 312 g/mol. The average Bonchev–Trinajstić information content (AvgIpc) is 2.49. The number of rotatable bonds is 4. The molecule has 0 saturated carbocycles. The Bertz CT molecular complexity index is 554. The van der Waals surface area contributed by atoms with Crippen LogP contribution in [0.5, 0.6) is 0 Å².